The normalized spacial score (nSPS) is 25.3. The van der Waals surface area contributed by atoms with Crippen molar-refractivity contribution in [3.05, 3.63) is 23.7 Å². The van der Waals surface area contributed by atoms with Gasteiger partial charge in [0, 0.05) is 61.3 Å². The number of pyridine rings is 1. The van der Waals surface area contributed by atoms with Crippen LogP contribution in [0.1, 0.15) is 44.9 Å². The molecular formula is C25H36N4O3S. The zero-order valence-electron chi connectivity index (χ0n) is 19.4. The summed E-state index contributed by atoms with van der Waals surface area (Å²) in [6, 6.07) is 4.58. The summed E-state index contributed by atoms with van der Waals surface area (Å²) in [7, 11) is 0. The molecule has 3 aliphatic rings. The molecule has 3 fully saturated rings. The number of carbonyl (C=O) groups excluding carboxylic acids is 1. The van der Waals surface area contributed by atoms with Crippen molar-refractivity contribution in [3.63, 3.8) is 0 Å². The van der Waals surface area contributed by atoms with Crippen molar-refractivity contribution in [2.24, 2.45) is 5.92 Å². The maximum absolute atomic E-state index is 12.2. The number of hydrogen-bond donors (Lipinski definition) is 1. The van der Waals surface area contributed by atoms with Crippen molar-refractivity contribution in [2.75, 3.05) is 50.8 Å². The van der Waals surface area contributed by atoms with Crippen molar-refractivity contribution >= 4 is 33.3 Å². The summed E-state index contributed by atoms with van der Waals surface area (Å²) in [5, 5.41) is 6.55. The Morgan fingerprint density at radius 1 is 1.09 bits per heavy atom. The minimum Gasteiger partial charge on any atom is -0.446 e. The van der Waals surface area contributed by atoms with Crippen LogP contribution >= 0.6 is 11.3 Å². The third-order valence-corrected chi connectivity index (χ3v) is 8.38. The molecule has 4 heterocycles. The topological polar surface area (TPSA) is 66.9 Å². The zero-order chi connectivity index (χ0) is 22.5. The van der Waals surface area contributed by atoms with Crippen LogP contribution in [-0.4, -0.2) is 74.1 Å². The number of anilines is 1. The highest BCUT2D eigenvalue weighted by atomic mass is 32.1. The van der Waals surface area contributed by atoms with Crippen molar-refractivity contribution < 1.29 is 14.3 Å². The summed E-state index contributed by atoms with van der Waals surface area (Å²) in [6.45, 7) is 6.88. The highest BCUT2D eigenvalue weighted by Gasteiger charge is 2.26. The second-order valence-corrected chi connectivity index (χ2v) is 10.6. The van der Waals surface area contributed by atoms with Crippen molar-refractivity contribution in [2.45, 2.75) is 57.1 Å². The fourth-order valence-corrected chi connectivity index (χ4v) is 6.20. The van der Waals surface area contributed by atoms with Gasteiger partial charge in [-0.2, -0.15) is 0 Å². The van der Waals surface area contributed by atoms with Gasteiger partial charge < -0.3 is 19.7 Å². The average Bonchev–Trinajstić information content (AvgIpc) is 3.34. The van der Waals surface area contributed by atoms with Crippen LogP contribution in [0, 0.1) is 5.92 Å². The van der Waals surface area contributed by atoms with E-state index in [9.17, 15) is 4.79 Å². The number of alkyl carbamates (subject to hydrolysis) is 1. The van der Waals surface area contributed by atoms with E-state index >= 15 is 0 Å². The largest absolute Gasteiger partial charge is 0.446 e. The molecule has 2 aromatic rings. The van der Waals surface area contributed by atoms with E-state index in [0.29, 0.717) is 13.2 Å². The van der Waals surface area contributed by atoms with Gasteiger partial charge in [-0.3, -0.25) is 4.90 Å². The highest BCUT2D eigenvalue weighted by molar-refractivity contribution is 7.17. The van der Waals surface area contributed by atoms with Gasteiger partial charge in [0.1, 0.15) is 11.9 Å². The van der Waals surface area contributed by atoms with Gasteiger partial charge in [0.2, 0.25) is 0 Å². The maximum Gasteiger partial charge on any atom is 0.407 e. The number of aromatic nitrogens is 1. The standard InChI is InChI=1S/C25H36N4O3S/c30-25(32-21-7-16-31-17-8-21)27-20-3-1-19(2-4-20)6-11-28-12-14-29(15-13-28)24-22-9-18-33-23(22)5-10-26-24/h5,9-10,18-21H,1-4,6-8,11-17H2,(H,27,30)/t19-,20-. The first kappa shape index (κ1) is 22.9. The molecule has 0 unspecified atom stereocenters. The van der Waals surface area contributed by atoms with Crippen LogP contribution in [0.15, 0.2) is 23.7 Å². The second-order valence-electron chi connectivity index (χ2n) is 9.66. The Hall–Kier alpha value is -1.90. The molecule has 2 aromatic heterocycles. The van der Waals surface area contributed by atoms with Crippen LogP contribution in [0.2, 0.25) is 0 Å². The monoisotopic (exact) mass is 472 g/mol. The Labute approximate surface area is 200 Å². The van der Waals surface area contributed by atoms with E-state index in [1.165, 1.54) is 35.9 Å². The van der Waals surface area contributed by atoms with Crippen LogP contribution in [-0.2, 0) is 9.47 Å². The second kappa shape index (κ2) is 11.0. The number of nitrogens with zero attached hydrogens (tertiary/aromatic N) is 3. The van der Waals surface area contributed by atoms with Gasteiger partial charge in [0.15, 0.2) is 0 Å². The Bertz CT molecular complexity index is 900. The highest BCUT2D eigenvalue weighted by Crippen LogP contribution is 2.30. The number of piperazine rings is 1. The first-order chi connectivity index (χ1) is 16.2. The van der Waals surface area contributed by atoms with Crippen LogP contribution < -0.4 is 10.2 Å². The predicted molar refractivity (Wildman–Crippen MR) is 132 cm³/mol. The molecule has 5 rings (SSSR count). The molecule has 2 aliphatic heterocycles. The van der Waals surface area contributed by atoms with E-state index in [2.05, 4.69) is 37.6 Å². The van der Waals surface area contributed by atoms with E-state index < -0.39 is 0 Å². The molecule has 0 atom stereocenters. The van der Waals surface area contributed by atoms with Crippen LogP contribution in [0.25, 0.3) is 10.1 Å². The van der Waals surface area contributed by atoms with E-state index in [-0.39, 0.29) is 18.2 Å². The molecule has 0 bridgehead atoms. The van der Waals surface area contributed by atoms with E-state index in [4.69, 9.17) is 9.47 Å². The molecule has 1 aliphatic carbocycles. The maximum atomic E-state index is 12.2. The SMILES string of the molecule is O=C(N[C@H]1CC[C@H](CCN2CCN(c3nccc4sccc34)CC2)CC1)OC1CCOCC1. The molecule has 7 nitrogen and oxygen atoms in total. The summed E-state index contributed by atoms with van der Waals surface area (Å²) in [5.41, 5.74) is 0. The lowest BCUT2D eigenvalue weighted by atomic mass is 9.84. The van der Waals surface area contributed by atoms with Gasteiger partial charge in [-0.05, 0) is 62.1 Å². The first-order valence-electron chi connectivity index (χ1n) is 12.6. The molecule has 1 N–H and O–H groups in total. The molecule has 180 valence electrons. The average molecular weight is 473 g/mol. The van der Waals surface area contributed by atoms with E-state index in [1.807, 2.05) is 6.20 Å². The zero-order valence-corrected chi connectivity index (χ0v) is 20.2. The minimum atomic E-state index is -0.240. The minimum absolute atomic E-state index is 0.0181. The Morgan fingerprint density at radius 2 is 1.88 bits per heavy atom. The number of ether oxygens (including phenoxy) is 2. The number of carbonyl (C=O) groups is 1. The number of fused-ring (bicyclic) bond motifs is 1. The van der Waals surface area contributed by atoms with Gasteiger partial charge >= 0.3 is 6.09 Å². The van der Waals surface area contributed by atoms with Gasteiger partial charge in [-0.1, -0.05) is 0 Å². The molecule has 8 heteroatoms. The summed E-state index contributed by atoms with van der Waals surface area (Å²) >= 11 is 1.79. The van der Waals surface area contributed by atoms with Crippen molar-refractivity contribution in [1.29, 1.82) is 0 Å². The molecule has 0 radical (unpaired) electrons. The summed E-state index contributed by atoms with van der Waals surface area (Å²) in [4.78, 5) is 21.9. The van der Waals surface area contributed by atoms with Gasteiger partial charge in [0.05, 0.1) is 13.2 Å². The molecule has 0 spiro atoms. The third-order valence-electron chi connectivity index (χ3n) is 7.49. The fraction of sp³-hybridized carbons (Fsp3) is 0.680. The predicted octanol–water partition coefficient (Wildman–Crippen LogP) is 4.27. The number of nitrogens with one attached hydrogen (secondary N) is 1. The van der Waals surface area contributed by atoms with Gasteiger partial charge in [-0.15, -0.1) is 11.3 Å². The van der Waals surface area contributed by atoms with Crippen LogP contribution in [0.4, 0.5) is 10.6 Å². The summed E-state index contributed by atoms with van der Waals surface area (Å²) < 4.78 is 12.2. The number of hydrogen-bond acceptors (Lipinski definition) is 7. The smallest absolute Gasteiger partial charge is 0.407 e. The molecule has 2 saturated heterocycles. The molecule has 1 amide bonds. The lowest BCUT2D eigenvalue weighted by Crippen LogP contribution is -2.47. The Balaban J connectivity index is 0.989. The number of rotatable bonds is 6. The Kier molecular flexibility index (Phi) is 7.64. The lowest BCUT2D eigenvalue weighted by Gasteiger charge is -2.37. The number of thiophene rings is 1. The fourth-order valence-electron chi connectivity index (χ4n) is 5.42. The summed E-state index contributed by atoms with van der Waals surface area (Å²) in [5.74, 6) is 1.92. The molecule has 1 saturated carbocycles. The molecule has 0 aromatic carbocycles. The van der Waals surface area contributed by atoms with Gasteiger partial charge in [0.25, 0.3) is 0 Å². The first-order valence-corrected chi connectivity index (χ1v) is 13.5. The van der Waals surface area contributed by atoms with Crippen LogP contribution in [0.5, 0.6) is 0 Å². The quantitative estimate of drug-likeness (QED) is 0.677. The van der Waals surface area contributed by atoms with E-state index in [0.717, 1.165) is 63.6 Å². The molecular weight excluding hydrogens is 436 g/mol. The lowest BCUT2D eigenvalue weighted by molar-refractivity contribution is 0.000274. The van der Waals surface area contributed by atoms with Crippen molar-refractivity contribution in [3.8, 4) is 0 Å². The van der Waals surface area contributed by atoms with Crippen LogP contribution in [0.3, 0.4) is 0 Å². The number of amides is 1. The third kappa shape index (κ3) is 5.97. The summed E-state index contributed by atoms with van der Waals surface area (Å²) in [6.07, 6.45) is 9.14. The van der Waals surface area contributed by atoms with Crippen molar-refractivity contribution in [1.82, 2.24) is 15.2 Å². The Morgan fingerprint density at radius 3 is 2.67 bits per heavy atom. The van der Waals surface area contributed by atoms with Gasteiger partial charge in [-0.25, -0.2) is 9.78 Å². The van der Waals surface area contributed by atoms with E-state index in [1.54, 1.807) is 11.3 Å². The molecule has 33 heavy (non-hydrogen) atoms.